The summed E-state index contributed by atoms with van der Waals surface area (Å²) in [6.45, 7) is 4.93. The van der Waals surface area contributed by atoms with Crippen molar-refractivity contribution in [2.75, 3.05) is 6.54 Å². The van der Waals surface area contributed by atoms with Crippen LogP contribution in [0.25, 0.3) is 0 Å². The number of aromatic nitrogens is 1. The fraction of sp³-hybridized carbons (Fsp3) is 0.455. The van der Waals surface area contributed by atoms with Gasteiger partial charge in [0, 0.05) is 18.7 Å². The van der Waals surface area contributed by atoms with Crippen molar-refractivity contribution in [1.29, 1.82) is 0 Å². The molecule has 1 aliphatic heterocycles. The van der Waals surface area contributed by atoms with E-state index in [1.54, 1.807) is 0 Å². The summed E-state index contributed by atoms with van der Waals surface area (Å²) in [5.41, 5.74) is 2.75. The highest BCUT2D eigenvalue weighted by atomic mass is 16.1. The summed E-state index contributed by atoms with van der Waals surface area (Å²) in [5, 5.41) is 2.81. The quantitative estimate of drug-likeness (QED) is 0.729. The van der Waals surface area contributed by atoms with E-state index in [2.05, 4.69) is 24.1 Å². The highest BCUT2D eigenvalue weighted by Crippen LogP contribution is 2.17. The highest BCUT2D eigenvalue weighted by Gasteiger charge is 2.18. The average molecular weight is 190 g/mol. The first-order chi connectivity index (χ1) is 6.68. The summed E-state index contributed by atoms with van der Waals surface area (Å²) < 4.78 is 0. The van der Waals surface area contributed by atoms with Crippen molar-refractivity contribution < 1.29 is 4.79 Å². The van der Waals surface area contributed by atoms with Gasteiger partial charge in [0.15, 0.2) is 0 Å². The van der Waals surface area contributed by atoms with E-state index in [0.717, 1.165) is 23.4 Å². The molecule has 1 amide bonds. The summed E-state index contributed by atoms with van der Waals surface area (Å²) in [6.07, 6.45) is 0.849. The van der Waals surface area contributed by atoms with Crippen molar-refractivity contribution >= 4 is 5.91 Å². The SMILES string of the molecule is CC(C)c1ccc2c(n1)CCNC2=O. The van der Waals surface area contributed by atoms with E-state index in [1.165, 1.54) is 0 Å². The predicted molar refractivity (Wildman–Crippen MR) is 54.4 cm³/mol. The Morgan fingerprint density at radius 3 is 2.93 bits per heavy atom. The van der Waals surface area contributed by atoms with Crippen molar-refractivity contribution in [2.45, 2.75) is 26.2 Å². The molecule has 1 aromatic heterocycles. The first-order valence-electron chi connectivity index (χ1n) is 4.96. The van der Waals surface area contributed by atoms with Crippen LogP contribution in [-0.4, -0.2) is 17.4 Å². The lowest BCUT2D eigenvalue weighted by molar-refractivity contribution is 0.0945. The topological polar surface area (TPSA) is 42.0 Å². The molecule has 74 valence electrons. The Morgan fingerprint density at radius 2 is 2.21 bits per heavy atom. The van der Waals surface area contributed by atoms with Crippen molar-refractivity contribution in [1.82, 2.24) is 10.3 Å². The van der Waals surface area contributed by atoms with Crippen LogP contribution < -0.4 is 5.32 Å². The number of nitrogens with zero attached hydrogens (tertiary/aromatic N) is 1. The second-order valence-corrected chi connectivity index (χ2v) is 3.89. The molecule has 0 spiro atoms. The summed E-state index contributed by atoms with van der Waals surface area (Å²) in [5.74, 6) is 0.430. The molecule has 0 bridgehead atoms. The minimum absolute atomic E-state index is 0.00839. The van der Waals surface area contributed by atoms with E-state index < -0.39 is 0 Å². The van der Waals surface area contributed by atoms with Crippen LogP contribution in [0, 0.1) is 0 Å². The zero-order valence-corrected chi connectivity index (χ0v) is 8.50. The van der Waals surface area contributed by atoms with Crippen LogP contribution in [0.5, 0.6) is 0 Å². The van der Waals surface area contributed by atoms with Gasteiger partial charge >= 0.3 is 0 Å². The lowest BCUT2D eigenvalue weighted by Crippen LogP contribution is -2.32. The zero-order valence-electron chi connectivity index (χ0n) is 8.50. The number of rotatable bonds is 1. The van der Waals surface area contributed by atoms with Gasteiger partial charge in [0.1, 0.15) is 0 Å². The van der Waals surface area contributed by atoms with Crippen LogP contribution in [0.4, 0.5) is 0 Å². The van der Waals surface area contributed by atoms with Crippen molar-refractivity contribution in [3.63, 3.8) is 0 Å². The second-order valence-electron chi connectivity index (χ2n) is 3.89. The number of fused-ring (bicyclic) bond motifs is 1. The molecule has 14 heavy (non-hydrogen) atoms. The molecule has 0 radical (unpaired) electrons. The molecule has 1 aliphatic rings. The molecular weight excluding hydrogens is 176 g/mol. The van der Waals surface area contributed by atoms with E-state index in [4.69, 9.17) is 0 Å². The minimum Gasteiger partial charge on any atom is -0.352 e. The maximum Gasteiger partial charge on any atom is 0.253 e. The maximum absolute atomic E-state index is 11.4. The molecule has 0 unspecified atom stereocenters. The van der Waals surface area contributed by atoms with Crippen LogP contribution in [0.2, 0.25) is 0 Å². The molecule has 0 atom stereocenters. The number of hydrogen-bond acceptors (Lipinski definition) is 2. The van der Waals surface area contributed by atoms with Crippen molar-refractivity contribution in [2.24, 2.45) is 0 Å². The molecule has 3 nitrogen and oxygen atoms in total. The molecular formula is C11H14N2O. The first-order valence-corrected chi connectivity index (χ1v) is 4.96. The normalized spacial score (nSPS) is 15.2. The largest absolute Gasteiger partial charge is 0.352 e. The van der Waals surface area contributed by atoms with Gasteiger partial charge < -0.3 is 5.32 Å². The number of carbonyl (C=O) groups is 1. The monoisotopic (exact) mass is 190 g/mol. The number of hydrogen-bond donors (Lipinski definition) is 1. The molecule has 2 rings (SSSR count). The minimum atomic E-state index is 0.00839. The summed E-state index contributed by atoms with van der Waals surface area (Å²) in [7, 11) is 0. The molecule has 0 fully saturated rings. The van der Waals surface area contributed by atoms with Gasteiger partial charge in [-0.05, 0) is 18.1 Å². The predicted octanol–water partition coefficient (Wildman–Crippen LogP) is 1.49. The van der Waals surface area contributed by atoms with Crippen LogP contribution in [0.3, 0.4) is 0 Å². The van der Waals surface area contributed by atoms with Crippen LogP contribution >= 0.6 is 0 Å². The molecule has 0 saturated heterocycles. The smallest absolute Gasteiger partial charge is 0.253 e. The van der Waals surface area contributed by atoms with E-state index in [-0.39, 0.29) is 5.91 Å². The van der Waals surface area contributed by atoms with E-state index in [9.17, 15) is 4.79 Å². The standard InChI is InChI=1S/C11H14N2O/c1-7(2)9-4-3-8-10(13-9)5-6-12-11(8)14/h3-4,7H,5-6H2,1-2H3,(H,12,14). The van der Waals surface area contributed by atoms with Crippen molar-refractivity contribution in [3.8, 4) is 0 Å². The highest BCUT2D eigenvalue weighted by molar-refractivity contribution is 5.96. The number of nitrogens with one attached hydrogen (secondary N) is 1. The Bertz CT molecular complexity index is 372. The third kappa shape index (κ3) is 1.50. The van der Waals surface area contributed by atoms with E-state index in [1.807, 2.05) is 12.1 Å². The maximum atomic E-state index is 11.4. The average Bonchev–Trinajstić information content (AvgIpc) is 2.17. The lowest BCUT2D eigenvalue weighted by atomic mass is 10.0. The third-order valence-corrected chi connectivity index (χ3v) is 2.48. The van der Waals surface area contributed by atoms with Gasteiger partial charge in [-0.1, -0.05) is 13.8 Å². The van der Waals surface area contributed by atoms with Gasteiger partial charge in [-0.3, -0.25) is 9.78 Å². The first kappa shape index (κ1) is 9.19. The van der Waals surface area contributed by atoms with Crippen LogP contribution in [0.15, 0.2) is 12.1 Å². The van der Waals surface area contributed by atoms with Crippen molar-refractivity contribution in [3.05, 3.63) is 29.1 Å². The Morgan fingerprint density at radius 1 is 1.43 bits per heavy atom. The fourth-order valence-corrected chi connectivity index (χ4v) is 1.63. The molecule has 3 heteroatoms. The van der Waals surface area contributed by atoms with Crippen LogP contribution in [-0.2, 0) is 6.42 Å². The summed E-state index contributed by atoms with van der Waals surface area (Å²) in [6, 6.07) is 3.82. The number of carbonyl (C=O) groups excluding carboxylic acids is 1. The number of pyridine rings is 1. The van der Waals surface area contributed by atoms with Gasteiger partial charge in [0.25, 0.3) is 5.91 Å². The molecule has 0 aliphatic carbocycles. The summed E-state index contributed by atoms with van der Waals surface area (Å²) in [4.78, 5) is 15.9. The van der Waals surface area contributed by atoms with Gasteiger partial charge in [-0.15, -0.1) is 0 Å². The second kappa shape index (κ2) is 3.40. The number of amides is 1. The Kier molecular flexibility index (Phi) is 2.23. The van der Waals surface area contributed by atoms with Gasteiger partial charge in [0.2, 0.25) is 0 Å². The lowest BCUT2D eigenvalue weighted by Gasteiger charge is -2.16. The van der Waals surface area contributed by atoms with Crippen LogP contribution in [0.1, 0.15) is 41.5 Å². The Balaban J connectivity index is 2.44. The molecule has 1 aromatic rings. The van der Waals surface area contributed by atoms with E-state index in [0.29, 0.717) is 12.5 Å². The zero-order chi connectivity index (χ0) is 10.1. The Hall–Kier alpha value is -1.38. The van der Waals surface area contributed by atoms with Gasteiger partial charge in [-0.25, -0.2) is 0 Å². The molecule has 0 saturated carbocycles. The summed E-state index contributed by atoms with van der Waals surface area (Å²) >= 11 is 0. The van der Waals surface area contributed by atoms with Gasteiger partial charge in [0.05, 0.1) is 11.3 Å². The Labute approximate surface area is 83.5 Å². The fourth-order valence-electron chi connectivity index (χ4n) is 1.63. The third-order valence-electron chi connectivity index (χ3n) is 2.48. The molecule has 1 N–H and O–H groups in total. The molecule has 2 heterocycles. The van der Waals surface area contributed by atoms with E-state index >= 15 is 0 Å². The molecule has 0 aromatic carbocycles. The van der Waals surface area contributed by atoms with Gasteiger partial charge in [-0.2, -0.15) is 0 Å².